The number of hydrogen-bond donors (Lipinski definition) is 1. The Bertz CT molecular complexity index is 587. The van der Waals surface area contributed by atoms with Gasteiger partial charge in [-0.15, -0.1) is 0 Å². The average molecular weight is 287 g/mol. The number of hydrogen-bond acceptors (Lipinski definition) is 4. The molecule has 0 aliphatic heterocycles. The maximum Gasteiger partial charge on any atom is 0.306 e. The molecule has 0 spiro atoms. The molecule has 0 fully saturated rings. The second-order valence-electron chi connectivity index (χ2n) is 4.52. The molecule has 0 atom stereocenters. The molecule has 110 valence electrons. The third-order valence-electron chi connectivity index (χ3n) is 3.04. The number of carbonyl (C=O) groups is 2. The molecule has 0 amide bonds. The Labute approximate surface area is 122 Å². The Morgan fingerprint density at radius 2 is 1.90 bits per heavy atom. The molecular formula is C16H17NO4. The minimum absolute atomic E-state index is 0.234. The summed E-state index contributed by atoms with van der Waals surface area (Å²) >= 11 is 0. The number of rotatable bonds is 7. The number of Topliss-reactive ketones (excluding diaryl/α,β-unsaturated/α-hetero) is 1. The molecular weight excluding hydrogens is 270 g/mol. The molecule has 0 aliphatic rings. The summed E-state index contributed by atoms with van der Waals surface area (Å²) in [5.74, 6) is 0.154. The molecule has 1 N–H and O–H groups in total. The molecule has 0 unspecified atom stereocenters. The lowest BCUT2D eigenvalue weighted by molar-refractivity contribution is -0.142. The van der Waals surface area contributed by atoms with Gasteiger partial charge in [-0.1, -0.05) is 12.1 Å². The SMILES string of the molecule is COc1ccc(CCC(=O)OCC(=O)c2ccc[nH]2)cc1. The minimum Gasteiger partial charge on any atom is -0.497 e. The average Bonchev–Trinajstić information content (AvgIpc) is 3.05. The number of H-pyrrole nitrogens is 1. The van der Waals surface area contributed by atoms with Crippen molar-refractivity contribution < 1.29 is 19.1 Å². The molecule has 5 nitrogen and oxygen atoms in total. The predicted octanol–water partition coefficient (Wildman–Crippen LogP) is 2.38. The van der Waals surface area contributed by atoms with Crippen molar-refractivity contribution in [1.82, 2.24) is 4.98 Å². The number of methoxy groups -OCH3 is 1. The fraction of sp³-hybridized carbons (Fsp3) is 0.250. The lowest BCUT2D eigenvalue weighted by Gasteiger charge is -2.05. The van der Waals surface area contributed by atoms with E-state index in [4.69, 9.17) is 9.47 Å². The number of esters is 1. The largest absolute Gasteiger partial charge is 0.497 e. The minimum atomic E-state index is -0.384. The molecule has 0 aliphatic carbocycles. The van der Waals surface area contributed by atoms with Crippen molar-refractivity contribution >= 4 is 11.8 Å². The Balaban J connectivity index is 1.73. The number of aryl methyl sites for hydroxylation is 1. The van der Waals surface area contributed by atoms with Gasteiger partial charge < -0.3 is 14.5 Å². The number of aromatic nitrogens is 1. The molecule has 1 aromatic carbocycles. The molecule has 0 radical (unpaired) electrons. The van der Waals surface area contributed by atoms with Crippen molar-refractivity contribution in [2.75, 3.05) is 13.7 Å². The first kappa shape index (κ1) is 14.8. The molecule has 0 saturated carbocycles. The maximum atomic E-state index is 11.6. The van der Waals surface area contributed by atoms with Gasteiger partial charge in [-0.3, -0.25) is 9.59 Å². The lowest BCUT2D eigenvalue weighted by atomic mass is 10.1. The van der Waals surface area contributed by atoms with Gasteiger partial charge in [0.1, 0.15) is 5.75 Å². The van der Waals surface area contributed by atoms with Crippen LogP contribution in [0.2, 0.25) is 0 Å². The highest BCUT2D eigenvalue weighted by Crippen LogP contribution is 2.12. The first-order valence-corrected chi connectivity index (χ1v) is 6.64. The summed E-state index contributed by atoms with van der Waals surface area (Å²) in [5.41, 5.74) is 1.46. The van der Waals surface area contributed by atoms with Gasteiger partial charge in [-0.25, -0.2) is 0 Å². The Morgan fingerprint density at radius 3 is 2.52 bits per heavy atom. The third kappa shape index (κ3) is 4.49. The number of carbonyl (C=O) groups excluding carboxylic acids is 2. The van der Waals surface area contributed by atoms with E-state index in [1.807, 2.05) is 24.3 Å². The van der Waals surface area contributed by atoms with Crippen molar-refractivity contribution in [3.8, 4) is 5.75 Å². The summed E-state index contributed by atoms with van der Waals surface area (Å²) in [6, 6.07) is 10.9. The van der Waals surface area contributed by atoms with Gasteiger partial charge in [0.2, 0.25) is 5.78 Å². The predicted molar refractivity (Wildman–Crippen MR) is 77.4 cm³/mol. The van der Waals surface area contributed by atoms with Gasteiger partial charge in [0, 0.05) is 12.6 Å². The van der Waals surface area contributed by atoms with E-state index < -0.39 is 0 Å². The quantitative estimate of drug-likeness (QED) is 0.627. The zero-order valence-electron chi connectivity index (χ0n) is 11.8. The third-order valence-corrected chi connectivity index (χ3v) is 3.04. The van der Waals surface area contributed by atoms with Crippen molar-refractivity contribution in [3.63, 3.8) is 0 Å². The van der Waals surface area contributed by atoms with Gasteiger partial charge in [-0.05, 0) is 36.2 Å². The van der Waals surface area contributed by atoms with Crippen LogP contribution in [-0.4, -0.2) is 30.5 Å². The normalized spacial score (nSPS) is 10.1. The number of ether oxygens (including phenoxy) is 2. The highest BCUT2D eigenvalue weighted by molar-refractivity contribution is 5.96. The van der Waals surface area contributed by atoms with Crippen molar-refractivity contribution in [3.05, 3.63) is 53.9 Å². The zero-order valence-corrected chi connectivity index (χ0v) is 11.8. The number of ketones is 1. The fourth-order valence-electron chi connectivity index (χ4n) is 1.84. The maximum absolute atomic E-state index is 11.6. The summed E-state index contributed by atoms with van der Waals surface area (Å²) in [6.45, 7) is -0.234. The van der Waals surface area contributed by atoms with E-state index in [1.54, 1.807) is 25.4 Å². The van der Waals surface area contributed by atoms with Crippen molar-refractivity contribution in [2.24, 2.45) is 0 Å². The molecule has 1 aromatic heterocycles. The molecule has 0 saturated heterocycles. The number of aromatic amines is 1. The van der Waals surface area contributed by atoms with E-state index in [9.17, 15) is 9.59 Å². The van der Waals surface area contributed by atoms with Gasteiger partial charge in [-0.2, -0.15) is 0 Å². The number of benzene rings is 1. The van der Waals surface area contributed by atoms with Crippen LogP contribution in [0.1, 0.15) is 22.5 Å². The topological polar surface area (TPSA) is 68.4 Å². The van der Waals surface area contributed by atoms with Crippen molar-refractivity contribution in [2.45, 2.75) is 12.8 Å². The van der Waals surface area contributed by atoms with E-state index in [0.717, 1.165) is 11.3 Å². The highest BCUT2D eigenvalue weighted by Gasteiger charge is 2.10. The summed E-state index contributed by atoms with van der Waals surface area (Å²) in [6.07, 6.45) is 2.46. The van der Waals surface area contributed by atoms with Gasteiger partial charge in [0.15, 0.2) is 6.61 Å². The van der Waals surface area contributed by atoms with Crippen LogP contribution >= 0.6 is 0 Å². The molecule has 21 heavy (non-hydrogen) atoms. The second-order valence-corrected chi connectivity index (χ2v) is 4.52. The fourth-order valence-corrected chi connectivity index (χ4v) is 1.84. The van der Waals surface area contributed by atoms with Gasteiger partial charge >= 0.3 is 5.97 Å². The Hall–Kier alpha value is -2.56. The van der Waals surface area contributed by atoms with Crippen LogP contribution in [0.4, 0.5) is 0 Å². The molecule has 1 heterocycles. The van der Waals surface area contributed by atoms with Crippen LogP contribution < -0.4 is 4.74 Å². The van der Waals surface area contributed by atoms with Crippen LogP contribution in [-0.2, 0) is 16.0 Å². The zero-order chi connectivity index (χ0) is 15.1. The van der Waals surface area contributed by atoms with Crippen LogP contribution in [0.15, 0.2) is 42.6 Å². The molecule has 2 aromatic rings. The first-order valence-electron chi connectivity index (χ1n) is 6.64. The van der Waals surface area contributed by atoms with Crippen LogP contribution in [0.25, 0.3) is 0 Å². The number of nitrogens with one attached hydrogen (secondary N) is 1. The monoisotopic (exact) mass is 287 g/mol. The Morgan fingerprint density at radius 1 is 1.14 bits per heavy atom. The summed E-state index contributed by atoms with van der Waals surface area (Å²) in [4.78, 5) is 26.0. The van der Waals surface area contributed by atoms with Gasteiger partial charge in [0.25, 0.3) is 0 Å². The summed E-state index contributed by atoms with van der Waals surface area (Å²) in [5, 5.41) is 0. The molecule has 0 bridgehead atoms. The second kappa shape index (κ2) is 7.28. The highest BCUT2D eigenvalue weighted by atomic mass is 16.5. The van der Waals surface area contributed by atoms with Crippen LogP contribution in [0.5, 0.6) is 5.75 Å². The van der Waals surface area contributed by atoms with Crippen molar-refractivity contribution in [1.29, 1.82) is 0 Å². The summed E-state index contributed by atoms with van der Waals surface area (Å²) < 4.78 is 10.0. The molecule has 5 heteroatoms. The lowest BCUT2D eigenvalue weighted by Crippen LogP contribution is -2.14. The van der Waals surface area contributed by atoms with E-state index >= 15 is 0 Å². The van der Waals surface area contributed by atoms with Gasteiger partial charge in [0.05, 0.1) is 12.8 Å². The van der Waals surface area contributed by atoms with Crippen LogP contribution in [0.3, 0.4) is 0 Å². The van der Waals surface area contributed by atoms with E-state index in [0.29, 0.717) is 12.1 Å². The van der Waals surface area contributed by atoms with E-state index in [-0.39, 0.29) is 24.8 Å². The van der Waals surface area contributed by atoms with E-state index in [1.165, 1.54) is 0 Å². The first-order chi connectivity index (χ1) is 10.2. The van der Waals surface area contributed by atoms with Crippen LogP contribution in [0, 0.1) is 0 Å². The van der Waals surface area contributed by atoms with E-state index in [2.05, 4.69) is 4.98 Å². The standard InChI is InChI=1S/C16H17NO4/c1-20-13-7-4-12(5-8-13)6-9-16(19)21-11-15(18)14-3-2-10-17-14/h2-5,7-8,10,17H,6,9,11H2,1H3. The smallest absolute Gasteiger partial charge is 0.306 e. The summed E-state index contributed by atoms with van der Waals surface area (Å²) in [7, 11) is 1.60. The Kier molecular flexibility index (Phi) is 5.15. The molecule has 2 rings (SSSR count).